The molecule has 0 saturated carbocycles. The van der Waals surface area contributed by atoms with Crippen molar-refractivity contribution in [2.75, 3.05) is 12.4 Å². The third-order valence-electron chi connectivity index (χ3n) is 2.12. The number of thioether (sulfide) groups is 1. The van der Waals surface area contributed by atoms with Gasteiger partial charge >= 0.3 is 5.69 Å². The maximum atomic E-state index is 13.0. The number of aliphatic hydroxyl groups is 1. The molecule has 1 saturated heterocycles. The summed E-state index contributed by atoms with van der Waals surface area (Å²) in [6.07, 6.45) is 0.146. The summed E-state index contributed by atoms with van der Waals surface area (Å²) in [6.45, 7) is -0.179. The van der Waals surface area contributed by atoms with Gasteiger partial charge in [-0.1, -0.05) is 0 Å². The molecule has 2 heterocycles. The lowest BCUT2D eigenvalue weighted by molar-refractivity contribution is -0.00694. The Kier molecular flexibility index (Phi) is 3.13. The number of aliphatic hydroxyl groups excluding tert-OH is 1. The van der Waals surface area contributed by atoms with Crippen LogP contribution in [0, 0.1) is 5.82 Å². The van der Waals surface area contributed by atoms with E-state index in [4.69, 9.17) is 9.84 Å². The van der Waals surface area contributed by atoms with Crippen LogP contribution in [0.5, 0.6) is 0 Å². The summed E-state index contributed by atoms with van der Waals surface area (Å²) in [4.78, 5) is 24.0. The topological polar surface area (TPSA) is 84.3 Å². The van der Waals surface area contributed by atoms with Gasteiger partial charge in [0.15, 0.2) is 0 Å². The zero-order valence-corrected chi connectivity index (χ0v) is 8.87. The molecular weight excluding hydrogens is 239 g/mol. The number of halogens is 1. The monoisotopic (exact) mass is 248 g/mol. The molecule has 1 aliphatic heterocycles. The molecule has 2 atom stereocenters. The normalized spacial score (nSPS) is 24.9. The molecule has 0 aromatic carbocycles. The minimum atomic E-state index is -1.05. The van der Waals surface area contributed by atoms with E-state index in [2.05, 4.69) is 0 Å². The van der Waals surface area contributed by atoms with E-state index in [1.807, 2.05) is 4.98 Å². The Morgan fingerprint density at radius 2 is 2.44 bits per heavy atom. The molecule has 6 nitrogen and oxygen atoms in total. The van der Waals surface area contributed by atoms with Crippen LogP contribution in [0.3, 0.4) is 0 Å². The minimum Gasteiger partial charge on any atom is -0.393 e. The third kappa shape index (κ3) is 2.04. The SMILES string of the molecule is O=c1[nH]c(=O)n([C@H]2CS[C@@H](CO)O2)cc1F. The lowest BCUT2D eigenvalue weighted by Gasteiger charge is -2.13. The van der Waals surface area contributed by atoms with Crippen molar-refractivity contribution < 1.29 is 14.2 Å². The number of aromatic amines is 1. The average molecular weight is 248 g/mol. The van der Waals surface area contributed by atoms with E-state index in [0.29, 0.717) is 5.75 Å². The number of nitrogens with zero attached hydrogens (tertiary/aromatic N) is 1. The molecule has 1 fully saturated rings. The number of aromatic nitrogens is 2. The Balaban J connectivity index is 2.32. The first-order valence-corrected chi connectivity index (χ1v) is 5.55. The van der Waals surface area contributed by atoms with Gasteiger partial charge < -0.3 is 9.84 Å². The van der Waals surface area contributed by atoms with Gasteiger partial charge in [0, 0.05) is 5.75 Å². The van der Waals surface area contributed by atoms with Crippen LogP contribution < -0.4 is 11.2 Å². The van der Waals surface area contributed by atoms with Crippen molar-refractivity contribution >= 4 is 11.8 Å². The Morgan fingerprint density at radius 1 is 1.69 bits per heavy atom. The maximum absolute atomic E-state index is 13.0. The van der Waals surface area contributed by atoms with Crippen molar-refractivity contribution in [2.24, 2.45) is 0 Å². The first-order chi connectivity index (χ1) is 7.61. The molecule has 0 bridgehead atoms. The molecule has 2 N–H and O–H groups in total. The number of H-pyrrole nitrogens is 1. The highest BCUT2D eigenvalue weighted by Gasteiger charge is 2.27. The zero-order chi connectivity index (χ0) is 11.7. The van der Waals surface area contributed by atoms with E-state index in [1.54, 1.807) is 0 Å². The molecule has 8 heteroatoms. The van der Waals surface area contributed by atoms with Gasteiger partial charge in [-0.15, -0.1) is 11.8 Å². The first-order valence-electron chi connectivity index (χ1n) is 4.50. The molecule has 0 aliphatic carbocycles. The van der Waals surface area contributed by atoms with Crippen LogP contribution in [0.4, 0.5) is 4.39 Å². The molecular formula is C8H9FN2O4S. The van der Waals surface area contributed by atoms with E-state index in [9.17, 15) is 14.0 Å². The third-order valence-corrected chi connectivity index (χ3v) is 3.23. The standard InChI is InChI=1S/C8H9FN2O4S/c9-4-1-11(8(14)10-7(4)13)5-3-16-6(2-12)15-5/h1,5-6,12H,2-3H2,(H,10,13,14)/t5-,6+/m1/s1. The molecule has 0 spiro atoms. The van der Waals surface area contributed by atoms with E-state index in [1.165, 1.54) is 11.8 Å². The Labute approximate surface area is 93.1 Å². The first kappa shape index (κ1) is 11.4. The molecule has 0 unspecified atom stereocenters. The predicted molar refractivity (Wildman–Crippen MR) is 54.7 cm³/mol. The van der Waals surface area contributed by atoms with Gasteiger partial charge in [-0.05, 0) is 0 Å². The number of nitrogens with one attached hydrogen (secondary N) is 1. The second-order valence-electron chi connectivity index (χ2n) is 3.18. The van der Waals surface area contributed by atoms with E-state index in [-0.39, 0.29) is 6.61 Å². The predicted octanol–water partition coefficient (Wildman–Crippen LogP) is -0.744. The van der Waals surface area contributed by atoms with Crippen molar-refractivity contribution in [2.45, 2.75) is 11.7 Å². The van der Waals surface area contributed by atoms with Gasteiger partial charge in [0.25, 0.3) is 5.56 Å². The fourth-order valence-corrected chi connectivity index (χ4v) is 2.29. The van der Waals surface area contributed by atoms with Crippen LogP contribution in [0.15, 0.2) is 15.8 Å². The summed E-state index contributed by atoms with van der Waals surface area (Å²) >= 11 is 1.32. The molecule has 2 rings (SSSR count). The van der Waals surface area contributed by atoms with Crippen LogP contribution in [0.2, 0.25) is 0 Å². The van der Waals surface area contributed by atoms with Crippen molar-refractivity contribution in [3.05, 3.63) is 32.9 Å². The smallest absolute Gasteiger partial charge is 0.330 e. The second kappa shape index (κ2) is 4.40. The van der Waals surface area contributed by atoms with Crippen LogP contribution in [-0.4, -0.2) is 32.5 Å². The lowest BCUT2D eigenvalue weighted by atomic mass is 10.5. The number of hydrogen-bond acceptors (Lipinski definition) is 5. The summed E-state index contributed by atoms with van der Waals surface area (Å²) < 4.78 is 19.2. The van der Waals surface area contributed by atoms with Crippen LogP contribution in [0.1, 0.15) is 6.23 Å². The van der Waals surface area contributed by atoms with Crippen molar-refractivity contribution in [1.82, 2.24) is 9.55 Å². The number of ether oxygens (including phenoxy) is 1. The fraction of sp³-hybridized carbons (Fsp3) is 0.500. The highest BCUT2D eigenvalue weighted by atomic mass is 32.2. The number of hydrogen-bond donors (Lipinski definition) is 2. The largest absolute Gasteiger partial charge is 0.393 e. The fourth-order valence-electron chi connectivity index (χ4n) is 1.36. The van der Waals surface area contributed by atoms with Gasteiger partial charge in [-0.2, -0.15) is 4.39 Å². The Hall–Kier alpha value is -1.12. The van der Waals surface area contributed by atoms with Gasteiger partial charge in [0.05, 0.1) is 12.8 Å². The minimum absolute atomic E-state index is 0.179. The highest BCUT2D eigenvalue weighted by Crippen LogP contribution is 2.30. The maximum Gasteiger partial charge on any atom is 0.330 e. The van der Waals surface area contributed by atoms with Crippen LogP contribution in [0.25, 0.3) is 0 Å². The van der Waals surface area contributed by atoms with Crippen molar-refractivity contribution in [3.8, 4) is 0 Å². The lowest BCUT2D eigenvalue weighted by Crippen LogP contribution is -2.34. The van der Waals surface area contributed by atoms with Crippen LogP contribution >= 0.6 is 11.8 Å². The summed E-state index contributed by atoms with van der Waals surface area (Å²) in [5.41, 5.74) is -2.20. The summed E-state index contributed by atoms with van der Waals surface area (Å²) in [7, 11) is 0. The van der Waals surface area contributed by atoms with Gasteiger partial charge in [0.1, 0.15) is 11.7 Å². The summed E-state index contributed by atoms with van der Waals surface area (Å²) in [6, 6.07) is 0. The van der Waals surface area contributed by atoms with Gasteiger partial charge in [-0.25, -0.2) is 4.79 Å². The van der Waals surface area contributed by atoms with E-state index >= 15 is 0 Å². The van der Waals surface area contributed by atoms with Gasteiger partial charge in [-0.3, -0.25) is 14.3 Å². The molecule has 1 aromatic heterocycles. The van der Waals surface area contributed by atoms with Gasteiger partial charge in [0.2, 0.25) is 5.82 Å². The average Bonchev–Trinajstić information content (AvgIpc) is 2.71. The second-order valence-corrected chi connectivity index (χ2v) is 4.37. The molecule has 1 aliphatic rings. The van der Waals surface area contributed by atoms with E-state index in [0.717, 1.165) is 10.8 Å². The molecule has 0 radical (unpaired) electrons. The molecule has 0 amide bonds. The molecule has 1 aromatic rings. The van der Waals surface area contributed by atoms with Crippen LogP contribution in [-0.2, 0) is 4.74 Å². The van der Waals surface area contributed by atoms with E-state index < -0.39 is 28.7 Å². The Bertz CT molecular complexity index is 500. The highest BCUT2D eigenvalue weighted by molar-refractivity contribution is 8.00. The quantitative estimate of drug-likeness (QED) is 0.720. The Morgan fingerprint density at radius 3 is 3.06 bits per heavy atom. The van der Waals surface area contributed by atoms with Crippen molar-refractivity contribution in [3.63, 3.8) is 0 Å². The summed E-state index contributed by atoms with van der Waals surface area (Å²) in [5, 5.41) is 8.83. The number of rotatable bonds is 2. The zero-order valence-electron chi connectivity index (χ0n) is 8.05. The molecule has 16 heavy (non-hydrogen) atoms. The summed E-state index contributed by atoms with van der Waals surface area (Å²) in [5.74, 6) is -0.628. The van der Waals surface area contributed by atoms with Crippen molar-refractivity contribution in [1.29, 1.82) is 0 Å². The molecule has 88 valence electrons.